The molecule has 0 aliphatic rings. The summed E-state index contributed by atoms with van der Waals surface area (Å²) in [5.41, 5.74) is -6.00. The van der Waals surface area contributed by atoms with Gasteiger partial charge in [0.05, 0.1) is 25.0 Å². The zero-order valence-electron chi connectivity index (χ0n) is 17.7. The summed E-state index contributed by atoms with van der Waals surface area (Å²) in [5, 5.41) is 0. The molecule has 3 aromatic rings. The van der Waals surface area contributed by atoms with Crippen LogP contribution in [0, 0.1) is 0 Å². The highest BCUT2D eigenvalue weighted by molar-refractivity contribution is 8.32. The molecule has 0 bridgehead atoms. The van der Waals surface area contributed by atoms with Gasteiger partial charge in [0.1, 0.15) is 11.4 Å². The molecular formula is C23H24F3O4S2+. The smallest absolute Gasteiger partial charge is 0.488 e. The maximum atomic E-state index is 13.5. The number of alkyl halides is 3. The van der Waals surface area contributed by atoms with E-state index < -0.39 is 31.5 Å². The van der Waals surface area contributed by atoms with Crippen molar-refractivity contribution in [3.63, 3.8) is 0 Å². The van der Waals surface area contributed by atoms with Crippen LogP contribution in [0.3, 0.4) is 0 Å². The Morgan fingerprint density at radius 3 is 1.47 bits per heavy atom. The second kappa shape index (κ2) is 8.80. The van der Waals surface area contributed by atoms with Crippen LogP contribution in [0.4, 0.5) is 13.2 Å². The van der Waals surface area contributed by atoms with E-state index in [4.69, 9.17) is 4.74 Å². The van der Waals surface area contributed by atoms with Crippen molar-refractivity contribution < 1.29 is 30.0 Å². The fraction of sp³-hybridized carbons (Fsp3) is 0.217. The largest absolute Gasteiger partial charge is 0.572 e. The third-order valence-electron chi connectivity index (χ3n) is 4.26. The normalized spacial score (nSPS) is 13.6. The molecule has 0 radical (unpaired) electrons. The zero-order chi connectivity index (χ0) is 23.6. The molecule has 1 N–H and O–H groups in total. The van der Waals surface area contributed by atoms with Gasteiger partial charge in [-0.1, -0.05) is 36.4 Å². The molecule has 0 heterocycles. The van der Waals surface area contributed by atoms with Crippen molar-refractivity contribution in [3.05, 3.63) is 84.9 Å². The fourth-order valence-corrected chi connectivity index (χ4v) is 8.02. The molecule has 0 aromatic heterocycles. The van der Waals surface area contributed by atoms with E-state index in [1.807, 2.05) is 20.8 Å². The van der Waals surface area contributed by atoms with Crippen LogP contribution in [0.5, 0.6) is 5.75 Å². The Morgan fingerprint density at radius 2 is 1.09 bits per heavy atom. The molecule has 0 aliphatic heterocycles. The molecule has 0 amide bonds. The molecule has 0 spiro atoms. The van der Waals surface area contributed by atoms with E-state index in [1.165, 1.54) is 0 Å². The van der Waals surface area contributed by atoms with Gasteiger partial charge < -0.3 is 4.74 Å². The van der Waals surface area contributed by atoms with Crippen molar-refractivity contribution in [3.8, 4) is 5.75 Å². The average molecular weight is 486 g/mol. The van der Waals surface area contributed by atoms with Crippen molar-refractivity contribution >= 4 is 20.4 Å². The molecule has 4 nitrogen and oxygen atoms in total. The van der Waals surface area contributed by atoms with Crippen LogP contribution in [0.2, 0.25) is 0 Å². The molecule has 0 fully saturated rings. The minimum absolute atomic E-state index is 0.337. The molecule has 9 heteroatoms. The van der Waals surface area contributed by atoms with E-state index in [0.29, 0.717) is 20.4 Å². The number of hydrogen-bond acceptors (Lipinski definition) is 3. The lowest BCUT2D eigenvalue weighted by Crippen LogP contribution is -2.30. The molecule has 32 heavy (non-hydrogen) atoms. The second-order valence-corrected chi connectivity index (χ2v) is 12.5. The first-order chi connectivity index (χ1) is 14.9. The van der Waals surface area contributed by atoms with E-state index in [-0.39, 0.29) is 0 Å². The van der Waals surface area contributed by atoms with Crippen LogP contribution in [0.1, 0.15) is 20.8 Å². The minimum atomic E-state index is -5.81. The molecule has 3 aromatic carbocycles. The van der Waals surface area contributed by atoms with E-state index in [1.54, 1.807) is 84.9 Å². The van der Waals surface area contributed by atoms with E-state index in [0.717, 1.165) is 0 Å². The van der Waals surface area contributed by atoms with Gasteiger partial charge in [-0.3, -0.25) is 3.63 Å². The molecule has 0 unspecified atom stereocenters. The van der Waals surface area contributed by atoms with Gasteiger partial charge in [-0.05, 0) is 69.3 Å². The predicted molar refractivity (Wildman–Crippen MR) is 120 cm³/mol. The summed E-state index contributed by atoms with van der Waals surface area (Å²) in [4.78, 5) is 1.07. The van der Waals surface area contributed by atoms with Crippen LogP contribution >= 0.6 is 10.3 Å². The third-order valence-corrected chi connectivity index (χ3v) is 9.39. The lowest BCUT2D eigenvalue weighted by Gasteiger charge is -2.35. The maximum Gasteiger partial charge on any atom is 0.572 e. The van der Waals surface area contributed by atoms with Crippen LogP contribution in [0.25, 0.3) is 0 Å². The number of hydrogen-bond donors (Lipinski definition) is 0. The first-order valence-corrected chi connectivity index (χ1v) is 12.7. The first kappa shape index (κ1) is 24.2. The van der Waals surface area contributed by atoms with Gasteiger partial charge in [0, 0.05) is 0 Å². The van der Waals surface area contributed by atoms with Crippen LogP contribution < -0.4 is 4.74 Å². The molecule has 3 rings (SSSR count). The number of ether oxygens (including phenoxy) is 1. The lowest BCUT2D eigenvalue weighted by molar-refractivity contribution is -0.0540. The minimum Gasteiger partial charge on any atom is -0.488 e. The molecule has 0 aliphatic carbocycles. The van der Waals surface area contributed by atoms with Crippen molar-refractivity contribution in [2.45, 2.75) is 46.6 Å². The van der Waals surface area contributed by atoms with E-state index in [2.05, 4.69) is 3.63 Å². The fourth-order valence-electron chi connectivity index (χ4n) is 3.02. The van der Waals surface area contributed by atoms with Crippen molar-refractivity contribution in [1.82, 2.24) is 0 Å². The first-order valence-electron chi connectivity index (χ1n) is 9.63. The maximum absolute atomic E-state index is 13.5. The summed E-state index contributed by atoms with van der Waals surface area (Å²) < 4.78 is 74.5. The Bertz CT molecular complexity index is 1100. The SMILES string of the molecule is CC(C)(C)Oc1ccc(S([OH+]S(=O)(=O)C(F)(F)F)(c2ccccc2)c2ccccc2)cc1. The second-order valence-electron chi connectivity index (χ2n) is 7.89. The monoisotopic (exact) mass is 485 g/mol. The topological polar surface area (TPSA) is 56.2 Å². The molecule has 0 saturated heterocycles. The van der Waals surface area contributed by atoms with Gasteiger partial charge in [0.2, 0.25) is 0 Å². The highest BCUT2D eigenvalue weighted by atomic mass is 32.3. The number of benzene rings is 3. The van der Waals surface area contributed by atoms with Gasteiger partial charge in [0.25, 0.3) is 0 Å². The highest BCUT2D eigenvalue weighted by Gasteiger charge is 2.57. The van der Waals surface area contributed by atoms with Crippen LogP contribution in [0.15, 0.2) is 99.6 Å². The van der Waals surface area contributed by atoms with Gasteiger partial charge >= 0.3 is 15.6 Å². The van der Waals surface area contributed by atoms with E-state index >= 15 is 0 Å². The van der Waals surface area contributed by atoms with Gasteiger partial charge in [-0.25, -0.2) is 0 Å². The summed E-state index contributed by atoms with van der Waals surface area (Å²) in [6.45, 7) is 5.61. The number of halogens is 3. The lowest BCUT2D eigenvalue weighted by atomic mass is 10.2. The zero-order valence-corrected chi connectivity index (χ0v) is 19.3. The Labute approximate surface area is 187 Å². The summed E-state index contributed by atoms with van der Waals surface area (Å²) in [5.74, 6) is 0.509. The summed E-state index contributed by atoms with van der Waals surface area (Å²) in [6, 6.07) is 22.8. The average Bonchev–Trinajstić information content (AvgIpc) is 2.72. The van der Waals surface area contributed by atoms with Crippen LogP contribution in [-0.4, -0.2) is 23.2 Å². The van der Waals surface area contributed by atoms with Crippen LogP contribution in [-0.2, 0) is 10.1 Å². The highest BCUT2D eigenvalue weighted by Crippen LogP contribution is 2.68. The molecule has 172 valence electrons. The standard InChI is InChI=1S/C23H23F3O4S2/c1-22(2,3)29-18-14-16-21(17-15-18)31(19-10-6-4-7-11-19,20-12-8-5-9-13-20)30-32(27,28)23(24,25)26/h4-17H,1-3H3/p+1. The summed E-state index contributed by atoms with van der Waals surface area (Å²) in [6.07, 6.45) is 0. The van der Waals surface area contributed by atoms with E-state index in [9.17, 15) is 21.6 Å². The van der Waals surface area contributed by atoms with Gasteiger partial charge in [-0.2, -0.15) is 13.2 Å². The van der Waals surface area contributed by atoms with Gasteiger partial charge in [-0.15, -0.1) is 8.42 Å². The molecular weight excluding hydrogens is 461 g/mol. The van der Waals surface area contributed by atoms with Crippen molar-refractivity contribution in [1.29, 1.82) is 0 Å². The van der Waals surface area contributed by atoms with Gasteiger partial charge in [0.15, 0.2) is 0 Å². The third kappa shape index (κ3) is 5.11. The summed E-state index contributed by atoms with van der Waals surface area (Å²) >= 11 is 0. The molecule has 0 saturated carbocycles. The summed E-state index contributed by atoms with van der Waals surface area (Å²) in [7, 11) is -8.98. The Kier molecular flexibility index (Phi) is 6.65. The number of rotatable bonds is 6. The van der Waals surface area contributed by atoms with Crippen molar-refractivity contribution in [2.75, 3.05) is 0 Å². The molecule has 0 atom stereocenters. The predicted octanol–water partition coefficient (Wildman–Crippen LogP) is 7.00. The Balaban J connectivity index is 2.29. The Morgan fingerprint density at radius 1 is 0.688 bits per heavy atom. The quantitative estimate of drug-likeness (QED) is 0.214. The van der Waals surface area contributed by atoms with Crippen molar-refractivity contribution in [2.24, 2.45) is 0 Å². The Hall–Kier alpha value is -2.49.